The van der Waals surface area contributed by atoms with E-state index in [-0.39, 0.29) is 17.9 Å². The summed E-state index contributed by atoms with van der Waals surface area (Å²) in [5.41, 5.74) is 3.85. The minimum absolute atomic E-state index is 0.0258. The van der Waals surface area contributed by atoms with Gasteiger partial charge in [0.15, 0.2) is 0 Å². The van der Waals surface area contributed by atoms with Crippen molar-refractivity contribution >= 4 is 17.5 Å². The highest BCUT2D eigenvalue weighted by molar-refractivity contribution is 6.07. The zero-order valence-corrected chi connectivity index (χ0v) is 15.7. The van der Waals surface area contributed by atoms with E-state index in [1.54, 1.807) is 0 Å². The number of anilines is 1. The van der Waals surface area contributed by atoms with Crippen LogP contribution in [0.1, 0.15) is 48.7 Å². The molecule has 1 unspecified atom stereocenters. The molecule has 0 spiro atoms. The largest absolute Gasteiger partial charge is 0.352 e. The van der Waals surface area contributed by atoms with Crippen LogP contribution >= 0.6 is 0 Å². The number of nitrogens with zero attached hydrogens (tertiary/aromatic N) is 1. The van der Waals surface area contributed by atoms with Crippen molar-refractivity contribution in [2.45, 2.75) is 46.2 Å². The molecule has 0 aliphatic carbocycles. The molecular weight excluding hydrogens is 324 g/mol. The molecule has 1 atom stereocenters. The average Bonchev–Trinajstić information content (AvgIpc) is 2.94. The zero-order valence-electron chi connectivity index (χ0n) is 15.7. The van der Waals surface area contributed by atoms with Gasteiger partial charge in [-0.15, -0.1) is 0 Å². The maximum atomic E-state index is 13.0. The molecule has 2 aromatic rings. The van der Waals surface area contributed by atoms with Crippen LogP contribution in [-0.4, -0.2) is 17.9 Å². The molecule has 26 heavy (non-hydrogen) atoms. The van der Waals surface area contributed by atoms with E-state index >= 15 is 0 Å². The molecule has 136 valence electrons. The first kappa shape index (κ1) is 18.2. The van der Waals surface area contributed by atoms with Crippen LogP contribution in [0.3, 0.4) is 0 Å². The predicted molar refractivity (Wildman–Crippen MR) is 104 cm³/mol. The molecule has 0 saturated heterocycles. The molecule has 2 amide bonds. The molecule has 2 aromatic carbocycles. The standard InChI is InChI=1S/C22H26N2O2/c1-15(2)11-21(25)23-14-17-9-10-19-12-16(3)24(20(19)13-17)22(26)18-7-5-4-6-8-18/h4-10,13,15-16H,11-12,14H2,1-3H3,(H,23,25). The van der Waals surface area contributed by atoms with E-state index in [1.807, 2.05) is 61.2 Å². The fourth-order valence-electron chi connectivity index (χ4n) is 3.44. The van der Waals surface area contributed by atoms with Crippen LogP contribution in [-0.2, 0) is 17.8 Å². The monoisotopic (exact) mass is 350 g/mol. The third-order valence-electron chi connectivity index (χ3n) is 4.69. The van der Waals surface area contributed by atoms with Gasteiger partial charge in [-0.1, -0.05) is 44.2 Å². The first-order valence-corrected chi connectivity index (χ1v) is 9.23. The zero-order chi connectivity index (χ0) is 18.7. The lowest BCUT2D eigenvalue weighted by Crippen LogP contribution is -2.35. The van der Waals surface area contributed by atoms with E-state index in [1.165, 1.54) is 5.56 Å². The van der Waals surface area contributed by atoms with Gasteiger partial charge in [0.25, 0.3) is 5.91 Å². The van der Waals surface area contributed by atoms with E-state index in [4.69, 9.17) is 0 Å². The van der Waals surface area contributed by atoms with Gasteiger partial charge in [0.1, 0.15) is 0 Å². The first-order valence-electron chi connectivity index (χ1n) is 9.23. The Morgan fingerprint density at radius 2 is 1.88 bits per heavy atom. The summed E-state index contributed by atoms with van der Waals surface area (Å²) >= 11 is 0. The van der Waals surface area contributed by atoms with Gasteiger partial charge in [-0.05, 0) is 48.6 Å². The fraction of sp³-hybridized carbons (Fsp3) is 0.364. The maximum absolute atomic E-state index is 13.0. The fourth-order valence-corrected chi connectivity index (χ4v) is 3.44. The summed E-state index contributed by atoms with van der Waals surface area (Å²) in [4.78, 5) is 26.7. The molecule has 0 radical (unpaired) electrons. The topological polar surface area (TPSA) is 49.4 Å². The second kappa shape index (κ2) is 7.73. The molecule has 0 fully saturated rings. The third kappa shape index (κ3) is 3.96. The number of fused-ring (bicyclic) bond motifs is 1. The van der Waals surface area contributed by atoms with Crippen LogP contribution in [0.5, 0.6) is 0 Å². The van der Waals surface area contributed by atoms with Crippen molar-refractivity contribution in [3.8, 4) is 0 Å². The first-order chi connectivity index (χ1) is 12.5. The van der Waals surface area contributed by atoms with E-state index in [2.05, 4.69) is 18.3 Å². The van der Waals surface area contributed by atoms with Crippen molar-refractivity contribution in [1.82, 2.24) is 5.32 Å². The van der Waals surface area contributed by atoms with Crippen LogP contribution in [0.4, 0.5) is 5.69 Å². The molecular formula is C22H26N2O2. The summed E-state index contributed by atoms with van der Waals surface area (Å²) in [6, 6.07) is 15.7. The Morgan fingerprint density at radius 3 is 2.58 bits per heavy atom. The molecule has 1 heterocycles. The number of nitrogens with one attached hydrogen (secondary N) is 1. The van der Waals surface area contributed by atoms with Gasteiger partial charge < -0.3 is 10.2 Å². The third-order valence-corrected chi connectivity index (χ3v) is 4.69. The Labute approximate surface area is 155 Å². The Hall–Kier alpha value is -2.62. The molecule has 1 aliphatic rings. The predicted octanol–water partition coefficient (Wildman–Crippen LogP) is 3.94. The normalized spacial score (nSPS) is 15.8. The Morgan fingerprint density at radius 1 is 1.15 bits per heavy atom. The summed E-state index contributed by atoms with van der Waals surface area (Å²) in [7, 11) is 0. The molecule has 0 bridgehead atoms. The number of carbonyl (C=O) groups is 2. The quantitative estimate of drug-likeness (QED) is 0.888. The van der Waals surface area contributed by atoms with Crippen molar-refractivity contribution in [2.24, 2.45) is 5.92 Å². The highest BCUT2D eigenvalue weighted by Gasteiger charge is 2.31. The second-order valence-electron chi connectivity index (χ2n) is 7.43. The van der Waals surface area contributed by atoms with E-state index < -0.39 is 0 Å². The lowest BCUT2D eigenvalue weighted by Gasteiger charge is -2.23. The number of rotatable bonds is 5. The van der Waals surface area contributed by atoms with Crippen LogP contribution in [0.15, 0.2) is 48.5 Å². The highest BCUT2D eigenvalue weighted by Crippen LogP contribution is 2.34. The van der Waals surface area contributed by atoms with E-state index in [9.17, 15) is 9.59 Å². The molecule has 3 rings (SSSR count). The van der Waals surface area contributed by atoms with Crippen molar-refractivity contribution in [3.63, 3.8) is 0 Å². The van der Waals surface area contributed by atoms with Crippen molar-refractivity contribution in [1.29, 1.82) is 0 Å². The Bertz CT molecular complexity index is 799. The summed E-state index contributed by atoms with van der Waals surface area (Å²) in [5, 5.41) is 2.97. The van der Waals surface area contributed by atoms with Crippen LogP contribution in [0, 0.1) is 5.92 Å². The van der Waals surface area contributed by atoms with Gasteiger partial charge in [-0.2, -0.15) is 0 Å². The van der Waals surface area contributed by atoms with E-state index in [0.29, 0.717) is 24.4 Å². The number of amides is 2. The van der Waals surface area contributed by atoms with Crippen LogP contribution < -0.4 is 10.2 Å². The van der Waals surface area contributed by atoms with E-state index in [0.717, 1.165) is 17.7 Å². The van der Waals surface area contributed by atoms with Gasteiger partial charge in [-0.25, -0.2) is 0 Å². The van der Waals surface area contributed by atoms with Gasteiger partial charge >= 0.3 is 0 Å². The lowest BCUT2D eigenvalue weighted by atomic mass is 10.1. The van der Waals surface area contributed by atoms with Crippen LogP contribution in [0.2, 0.25) is 0 Å². The summed E-state index contributed by atoms with van der Waals surface area (Å²) in [5.74, 6) is 0.429. The van der Waals surface area contributed by atoms with Gasteiger partial charge in [0.2, 0.25) is 5.91 Å². The van der Waals surface area contributed by atoms with Crippen molar-refractivity contribution in [2.75, 3.05) is 4.90 Å². The SMILES string of the molecule is CC(C)CC(=O)NCc1ccc2c(c1)N(C(=O)c1ccccc1)C(C)C2. The summed E-state index contributed by atoms with van der Waals surface area (Å²) in [6.45, 7) is 6.62. The van der Waals surface area contributed by atoms with Crippen LogP contribution in [0.25, 0.3) is 0 Å². The Balaban J connectivity index is 1.78. The maximum Gasteiger partial charge on any atom is 0.258 e. The average molecular weight is 350 g/mol. The smallest absolute Gasteiger partial charge is 0.258 e. The number of carbonyl (C=O) groups excluding carboxylic acids is 2. The van der Waals surface area contributed by atoms with Gasteiger partial charge in [0.05, 0.1) is 0 Å². The number of hydrogen-bond donors (Lipinski definition) is 1. The minimum Gasteiger partial charge on any atom is -0.352 e. The number of benzene rings is 2. The molecule has 0 aromatic heterocycles. The number of hydrogen-bond acceptors (Lipinski definition) is 2. The lowest BCUT2D eigenvalue weighted by molar-refractivity contribution is -0.121. The Kier molecular flexibility index (Phi) is 5.40. The summed E-state index contributed by atoms with van der Waals surface area (Å²) < 4.78 is 0. The molecule has 4 heteroatoms. The van der Waals surface area contributed by atoms with Gasteiger partial charge in [-0.3, -0.25) is 9.59 Å². The van der Waals surface area contributed by atoms with Crippen molar-refractivity contribution < 1.29 is 9.59 Å². The van der Waals surface area contributed by atoms with Crippen molar-refractivity contribution in [3.05, 3.63) is 65.2 Å². The molecule has 1 N–H and O–H groups in total. The highest BCUT2D eigenvalue weighted by atomic mass is 16.2. The minimum atomic E-state index is 0.0258. The van der Waals surface area contributed by atoms with Gasteiger partial charge in [0, 0.05) is 30.3 Å². The molecule has 4 nitrogen and oxygen atoms in total. The second-order valence-corrected chi connectivity index (χ2v) is 7.43. The molecule has 0 saturated carbocycles. The molecule has 1 aliphatic heterocycles. The summed E-state index contributed by atoms with van der Waals surface area (Å²) in [6.07, 6.45) is 1.38.